The standard InChI is InChI=1S/C9H9BrO4S/c10-7-1-3-14-9(7)8(11)6-2-4-15(12,13)5-6/h1,3,6H,2,4-5H2. The summed E-state index contributed by atoms with van der Waals surface area (Å²) in [6, 6.07) is 1.62. The van der Waals surface area contributed by atoms with Crippen molar-refractivity contribution in [2.75, 3.05) is 11.5 Å². The van der Waals surface area contributed by atoms with Crippen molar-refractivity contribution in [1.82, 2.24) is 0 Å². The van der Waals surface area contributed by atoms with Gasteiger partial charge in [-0.1, -0.05) is 0 Å². The first-order valence-corrected chi connectivity index (χ1v) is 7.09. The molecule has 1 atom stereocenters. The average Bonchev–Trinajstić information content (AvgIpc) is 2.71. The van der Waals surface area contributed by atoms with Gasteiger partial charge in [-0.2, -0.15) is 0 Å². The molecule has 1 saturated heterocycles. The fraction of sp³-hybridized carbons (Fsp3) is 0.444. The monoisotopic (exact) mass is 292 g/mol. The summed E-state index contributed by atoms with van der Waals surface area (Å²) >= 11 is 3.18. The molecule has 0 bridgehead atoms. The van der Waals surface area contributed by atoms with Gasteiger partial charge in [0.1, 0.15) is 0 Å². The molecule has 1 fully saturated rings. The first-order chi connectivity index (χ1) is 6.99. The Kier molecular flexibility index (Phi) is 2.72. The van der Waals surface area contributed by atoms with E-state index in [2.05, 4.69) is 15.9 Å². The average molecular weight is 293 g/mol. The maximum Gasteiger partial charge on any atom is 0.203 e. The van der Waals surface area contributed by atoms with Crippen LogP contribution in [0, 0.1) is 5.92 Å². The molecule has 1 aromatic rings. The van der Waals surface area contributed by atoms with E-state index in [1.807, 2.05) is 0 Å². The number of hydrogen-bond acceptors (Lipinski definition) is 4. The number of carbonyl (C=O) groups is 1. The van der Waals surface area contributed by atoms with Crippen molar-refractivity contribution in [3.05, 3.63) is 22.6 Å². The maximum absolute atomic E-state index is 11.8. The van der Waals surface area contributed by atoms with Crippen molar-refractivity contribution in [3.63, 3.8) is 0 Å². The number of Topliss-reactive ketones (excluding diaryl/α,β-unsaturated/α-hetero) is 1. The number of halogens is 1. The molecule has 0 radical (unpaired) electrons. The minimum atomic E-state index is -3.02. The fourth-order valence-corrected chi connectivity index (χ4v) is 3.79. The van der Waals surface area contributed by atoms with Gasteiger partial charge in [-0.05, 0) is 28.4 Å². The molecule has 2 rings (SSSR count). The van der Waals surface area contributed by atoms with E-state index >= 15 is 0 Å². The Balaban J connectivity index is 2.21. The number of ketones is 1. The predicted octanol–water partition coefficient (Wildman–Crippen LogP) is 1.66. The molecule has 1 aliphatic heterocycles. The van der Waals surface area contributed by atoms with Gasteiger partial charge in [0, 0.05) is 5.92 Å². The third kappa shape index (κ3) is 2.15. The first kappa shape index (κ1) is 10.9. The van der Waals surface area contributed by atoms with E-state index < -0.39 is 15.8 Å². The molecule has 1 aliphatic rings. The first-order valence-electron chi connectivity index (χ1n) is 4.47. The summed E-state index contributed by atoms with van der Waals surface area (Å²) < 4.78 is 28.0. The van der Waals surface area contributed by atoms with Crippen LogP contribution in [-0.2, 0) is 9.84 Å². The molecule has 0 aromatic carbocycles. The molecule has 0 aliphatic carbocycles. The van der Waals surface area contributed by atoms with E-state index in [0.717, 1.165) is 0 Å². The van der Waals surface area contributed by atoms with Crippen molar-refractivity contribution in [3.8, 4) is 0 Å². The third-order valence-corrected chi connectivity index (χ3v) is 4.84. The zero-order valence-electron chi connectivity index (χ0n) is 7.77. The topological polar surface area (TPSA) is 64.3 Å². The lowest BCUT2D eigenvalue weighted by Gasteiger charge is -2.03. The molecule has 2 heterocycles. The van der Waals surface area contributed by atoms with E-state index in [0.29, 0.717) is 10.9 Å². The summed E-state index contributed by atoms with van der Waals surface area (Å²) in [5, 5.41) is 0. The summed E-state index contributed by atoms with van der Waals surface area (Å²) in [6.07, 6.45) is 1.80. The van der Waals surface area contributed by atoms with Crippen LogP contribution in [0.2, 0.25) is 0 Å². The number of hydrogen-bond donors (Lipinski definition) is 0. The Morgan fingerprint density at radius 3 is 2.73 bits per heavy atom. The van der Waals surface area contributed by atoms with Gasteiger partial charge in [0.05, 0.1) is 22.2 Å². The lowest BCUT2D eigenvalue weighted by Crippen LogP contribution is -2.15. The van der Waals surface area contributed by atoms with Crippen LogP contribution in [0.4, 0.5) is 0 Å². The van der Waals surface area contributed by atoms with E-state index in [1.54, 1.807) is 6.07 Å². The van der Waals surface area contributed by atoms with Gasteiger partial charge < -0.3 is 4.42 Å². The van der Waals surface area contributed by atoms with Gasteiger partial charge in [-0.25, -0.2) is 8.42 Å². The van der Waals surface area contributed by atoms with E-state index in [9.17, 15) is 13.2 Å². The highest BCUT2D eigenvalue weighted by Gasteiger charge is 2.35. The van der Waals surface area contributed by atoms with E-state index in [-0.39, 0.29) is 23.0 Å². The second kappa shape index (κ2) is 3.75. The highest BCUT2D eigenvalue weighted by molar-refractivity contribution is 9.10. The van der Waals surface area contributed by atoms with Crippen LogP contribution in [0.5, 0.6) is 0 Å². The second-order valence-electron chi connectivity index (χ2n) is 3.56. The summed E-state index contributed by atoms with van der Waals surface area (Å²) in [5.41, 5.74) is 0. The minimum absolute atomic E-state index is 0.0566. The number of rotatable bonds is 2. The Bertz CT molecular complexity index is 488. The highest BCUT2D eigenvalue weighted by atomic mass is 79.9. The predicted molar refractivity (Wildman–Crippen MR) is 57.5 cm³/mol. The molecule has 15 heavy (non-hydrogen) atoms. The highest BCUT2D eigenvalue weighted by Crippen LogP contribution is 2.26. The fourth-order valence-electron chi connectivity index (χ4n) is 1.66. The van der Waals surface area contributed by atoms with Crippen LogP contribution in [0.15, 0.2) is 21.2 Å². The minimum Gasteiger partial charge on any atom is -0.460 e. The van der Waals surface area contributed by atoms with Crippen LogP contribution >= 0.6 is 15.9 Å². The Labute approximate surface area is 95.7 Å². The van der Waals surface area contributed by atoms with Crippen molar-refractivity contribution in [2.24, 2.45) is 5.92 Å². The lowest BCUT2D eigenvalue weighted by atomic mass is 10.0. The van der Waals surface area contributed by atoms with Crippen molar-refractivity contribution in [2.45, 2.75) is 6.42 Å². The van der Waals surface area contributed by atoms with Gasteiger partial charge >= 0.3 is 0 Å². The molecule has 0 spiro atoms. The van der Waals surface area contributed by atoms with Gasteiger partial charge in [0.2, 0.25) is 5.78 Å². The van der Waals surface area contributed by atoms with E-state index in [1.165, 1.54) is 6.26 Å². The van der Waals surface area contributed by atoms with Crippen LogP contribution in [0.1, 0.15) is 17.0 Å². The van der Waals surface area contributed by atoms with Crippen LogP contribution in [-0.4, -0.2) is 25.7 Å². The molecular weight excluding hydrogens is 284 g/mol. The van der Waals surface area contributed by atoms with Crippen LogP contribution in [0.3, 0.4) is 0 Å². The summed E-state index contributed by atoms with van der Waals surface area (Å²) in [7, 11) is -3.02. The van der Waals surface area contributed by atoms with Crippen LogP contribution < -0.4 is 0 Å². The SMILES string of the molecule is O=C(c1occc1Br)C1CCS(=O)(=O)C1. The Morgan fingerprint density at radius 2 is 2.27 bits per heavy atom. The third-order valence-electron chi connectivity index (χ3n) is 2.44. The summed E-state index contributed by atoms with van der Waals surface area (Å²) in [4.78, 5) is 11.8. The van der Waals surface area contributed by atoms with Crippen molar-refractivity contribution >= 4 is 31.6 Å². The van der Waals surface area contributed by atoms with Crippen molar-refractivity contribution in [1.29, 1.82) is 0 Å². The van der Waals surface area contributed by atoms with Gasteiger partial charge in [0.25, 0.3) is 0 Å². The molecule has 82 valence electrons. The summed E-state index contributed by atoms with van der Waals surface area (Å²) in [5.74, 6) is -0.414. The molecule has 6 heteroatoms. The number of sulfone groups is 1. The van der Waals surface area contributed by atoms with E-state index in [4.69, 9.17) is 4.42 Å². The molecule has 4 nitrogen and oxygen atoms in total. The molecule has 0 amide bonds. The molecule has 0 N–H and O–H groups in total. The van der Waals surface area contributed by atoms with Crippen molar-refractivity contribution < 1.29 is 17.6 Å². The van der Waals surface area contributed by atoms with Gasteiger partial charge in [0.15, 0.2) is 15.6 Å². The van der Waals surface area contributed by atoms with Gasteiger partial charge in [-0.3, -0.25) is 4.79 Å². The number of furan rings is 1. The molecule has 0 saturated carbocycles. The van der Waals surface area contributed by atoms with Gasteiger partial charge in [-0.15, -0.1) is 0 Å². The Morgan fingerprint density at radius 1 is 1.53 bits per heavy atom. The second-order valence-corrected chi connectivity index (χ2v) is 6.64. The quantitative estimate of drug-likeness (QED) is 0.778. The number of carbonyl (C=O) groups excluding carboxylic acids is 1. The normalized spacial score (nSPS) is 24.2. The zero-order chi connectivity index (χ0) is 11.1. The molecular formula is C9H9BrO4S. The lowest BCUT2D eigenvalue weighted by molar-refractivity contribution is 0.0904. The smallest absolute Gasteiger partial charge is 0.203 e. The summed E-state index contributed by atoms with van der Waals surface area (Å²) in [6.45, 7) is 0. The molecule has 1 aromatic heterocycles. The maximum atomic E-state index is 11.8. The zero-order valence-corrected chi connectivity index (χ0v) is 10.2. The largest absolute Gasteiger partial charge is 0.460 e. The molecule has 1 unspecified atom stereocenters. The Hall–Kier alpha value is -0.620. The van der Waals surface area contributed by atoms with Crippen LogP contribution in [0.25, 0.3) is 0 Å².